The van der Waals surface area contributed by atoms with Crippen molar-refractivity contribution in [3.8, 4) is 0 Å². The molecule has 2 N–H and O–H groups in total. The maximum absolute atomic E-state index is 13.1. The number of benzene rings is 1. The zero-order valence-electron chi connectivity index (χ0n) is 10.7. The highest BCUT2D eigenvalue weighted by Crippen LogP contribution is 2.21. The van der Waals surface area contributed by atoms with Crippen molar-refractivity contribution in [2.24, 2.45) is 11.7 Å². The molecule has 0 radical (unpaired) electrons. The maximum Gasteiger partial charge on any atom is 0.253 e. The lowest BCUT2D eigenvalue weighted by atomic mass is 9.93. The number of hydrogen-bond donors (Lipinski definition) is 1. The van der Waals surface area contributed by atoms with Crippen LogP contribution in [0.4, 0.5) is 8.78 Å². The van der Waals surface area contributed by atoms with Crippen LogP contribution in [0.5, 0.6) is 0 Å². The summed E-state index contributed by atoms with van der Waals surface area (Å²) in [7, 11) is 0. The zero-order valence-corrected chi connectivity index (χ0v) is 10.7. The molecule has 1 saturated heterocycles. The summed E-state index contributed by atoms with van der Waals surface area (Å²) >= 11 is 0. The molecule has 1 amide bonds. The smallest absolute Gasteiger partial charge is 0.253 e. The minimum Gasteiger partial charge on any atom is -0.339 e. The van der Waals surface area contributed by atoms with Crippen molar-refractivity contribution in [3.63, 3.8) is 0 Å². The van der Waals surface area contributed by atoms with Crippen LogP contribution in [-0.2, 0) is 0 Å². The second-order valence-corrected chi connectivity index (χ2v) is 4.94. The molecular weight excluding hydrogens is 250 g/mol. The molecule has 2 rings (SSSR count). The van der Waals surface area contributed by atoms with Crippen LogP contribution in [-0.4, -0.2) is 30.4 Å². The molecule has 19 heavy (non-hydrogen) atoms. The molecule has 5 heteroatoms. The van der Waals surface area contributed by atoms with Gasteiger partial charge in [-0.2, -0.15) is 0 Å². The molecule has 0 spiro atoms. The number of piperidine rings is 1. The molecule has 1 aromatic rings. The molecule has 104 valence electrons. The van der Waals surface area contributed by atoms with Crippen molar-refractivity contribution >= 4 is 5.91 Å². The molecule has 1 heterocycles. The lowest BCUT2D eigenvalue weighted by molar-refractivity contribution is 0.0687. The molecule has 1 aliphatic heterocycles. The number of amides is 1. The third-order valence-corrected chi connectivity index (χ3v) is 3.64. The minimum absolute atomic E-state index is 0.205. The fraction of sp³-hybridized carbons (Fsp3) is 0.500. The average Bonchev–Trinajstić information content (AvgIpc) is 2.42. The van der Waals surface area contributed by atoms with E-state index >= 15 is 0 Å². The summed E-state index contributed by atoms with van der Waals surface area (Å²) in [5.41, 5.74) is 5.72. The quantitative estimate of drug-likeness (QED) is 0.913. The fourth-order valence-electron chi connectivity index (χ4n) is 2.47. The van der Waals surface area contributed by atoms with Gasteiger partial charge in [0.25, 0.3) is 5.91 Å². The third-order valence-electron chi connectivity index (χ3n) is 3.64. The van der Waals surface area contributed by atoms with Crippen molar-refractivity contribution < 1.29 is 13.6 Å². The van der Waals surface area contributed by atoms with Gasteiger partial charge in [0.1, 0.15) is 0 Å². The predicted molar refractivity (Wildman–Crippen MR) is 68.7 cm³/mol. The van der Waals surface area contributed by atoms with Crippen LogP contribution in [0, 0.1) is 17.6 Å². The minimum atomic E-state index is -0.983. The second kappa shape index (κ2) is 6.10. The summed E-state index contributed by atoms with van der Waals surface area (Å²) in [6.45, 7) is 1.98. The normalized spacial score (nSPS) is 16.7. The number of rotatable bonds is 3. The van der Waals surface area contributed by atoms with Gasteiger partial charge in [0.05, 0.1) is 0 Å². The van der Waals surface area contributed by atoms with Gasteiger partial charge in [0.2, 0.25) is 0 Å². The molecule has 0 aliphatic carbocycles. The zero-order chi connectivity index (χ0) is 13.8. The number of nitrogens with two attached hydrogens (primary N) is 1. The lowest BCUT2D eigenvalue weighted by Gasteiger charge is -2.32. The van der Waals surface area contributed by atoms with Crippen molar-refractivity contribution in [1.29, 1.82) is 0 Å². The number of halogens is 2. The first-order valence-electron chi connectivity index (χ1n) is 6.56. The molecule has 1 aromatic carbocycles. The molecule has 0 aromatic heterocycles. The molecule has 1 aliphatic rings. The summed E-state index contributed by atoms with van der Waals surface area (Å²) in [5.74, 6) is -1.58. The monoisotopic (exact) mass is 268 g/mol. The van der Waals surface area contributed by atoms with Gasteiger partial charge in [-0.3, -0.25) is 4.79 Å². The Morgan fingerprint density at radius 2 is 1.95 bits per heavy atom. The first kappa shape index (κ1) is 13.9. The Balaban J connectivity index is 1.99. The van der Waals surface area contributed by atoms with E-state index in [1.165, 1.54) is 6.07 Å². The van der Waals surface area contributed by atoms with Crippen molar-refractivity contribution in [1.82, 2.24) is 4.90 Å². The van der Waals surface area contributed by atoms with Crippen LogP contribution < -0.4 is 5.73 Å². The second-order valence-electron chi connectivity index (χ2n) is 4.94. The molecule has 0 bridgehead atoms. The largest absolute Gasteiger partial charge is 0.339 e. The van der Waals surface area contributed by atoms with Gasteiger partial charge in [-0.25, -0.2) is 8.78 Å². The SMILES string of the molecule is NCCC1CCN(C(=O)c2ccc(F)c(F)c2)CC1. The van der Waals surface area contributed by atoms with Crippen LogP contribution in [0.15, 0.2) is 18.2 Å². The number of carbonyl (C=O) groups is 1. The summed E-state index contributed by atoms with van der Waals surface area (Å²) in [6, 6.07) is 3.28. The van der Waals surface area contributed by atoms with E-state index in [4.69, 9.17) is 5.73 Å². The highest BCUT2D eigenvalue weighted by atomic mass is 19.2. The first-order valence-corrected chi connectivity index (χ1v) is 6.56. The summed E-state index contributed by atoms with van der Waals surface area (Å²) < 4.78 is 25.9. The Hall–Kier alpha value is -1.49. The van der Waals surface area contributed by atoms with Gasteiger partial charge in [-0.1, -0.05) is 0 Å². The molecular formula is C14H18F2N2O. The highest BCUT2D eigenvalue weighted by molar-refractivity contribution is 5.94. The third kappa shape index (κ3) is 3.29. The number of hydrogen-bond acceptors (Lipinski definition) is 2. The van der Waals surface area contributed by atoms with Crippen LogP contribution in [0.2, 0.25) is 0 Å². The van der Waals surface area contributed by atoms with Gasteiger partial charge in [-0.15, -0.1) is 0 Å². The van der Waals surface area contributed by atoms with E-state index in [0.29, 0.717) is 25.6 Å². The lowest BCUT2D eigenvalue weighted by Crippen LogP contribution is -2.38. The van der Waals surface area contributed by atoms with Gasteiger partial charge >= 0.3 is 0 Å². The Kier molecular flexibility index (Phi) is 4.47. The van der Waals surface area contributed by atoms with E-state index in [0.717, 1.165) is 31.4 Å². The molecule has 0 unspecified atom stereocenters. The standard InChI is InChI=1S/C14H18F2N2O/c15-12-2-1-11(9-13(12)16)14(19)18-7-4-10(3-6-17)5-8-18/h1-2,9-10H,3-8,17H2. The summed E-state index contributed by atoms with van der Waals surface area (Å²) in [5, 5.41) is 0. The van der Waals surface area contributed by atoms with E-state index < -0.39 is 11.6 Å². The molecule has 1 fully saturated rings. The maximum atomic E-state index is 13.1. The molecule has 3 nitrogen and oxygen atoms in total. The van der Waals surface area contributed by atoms with E-state index in [2.05, 4.69) is 0 Å². The van der Waals surface area contributed by atoms with E-state index in [1.807, 2.05) is 0 Å². The van der Waals surface area contributed by atoms with Crippen LogP contribution in [0.1, 0.15) is 29.6 Å². The van der Waals surface area contributed by atoms with E-state index in [9.17, 15) is 13.6 Å². The Morgan fingerprint density at radius 3 is 2.53 bits per heavy atom. The number of carbonyl (C=O) groups excluding carboxylic acids is 1. The Bertz CT molecular complexity index is 457. The topological polar surface area (TPSA) is 46.3 Å². The average molecular weight is 268 g/mol. The van der Waals surface area contributed by atoms with Gasteiger partial charge in [0.15, 0.2) is 11.6 Å². The summed E-state index contributed by atoms with van der Waals surface area (Å²) in [6.07, 6.45) is 2.83. The van der Waals surface area contributed by atoms with Crippen LogP contribution >= 0.6 is 0 Å². The first-order chi connectivity index (χ1) is 9.11. The Morgan fingerprint density at radius 1 is 1.26 bits per heavy atom. The van der Waals surface area contributed by atoms with Gasteiger partial charge in [0, 0.05) is 18.7 Å². The van der Waals surface area contributed by atoms with E-state index in [1.54, 1.807) is 4.90 Å². The van der Waals surface area contributed by atoms with Gasteiger partial charge < -0.3 is 10.6 Å². The van der Waals surface area contributed by atoms with Gasteiger partial charge in [-0.05, 0) is 49.9 Å². The number of nitrogens with zero attached hydrogens (tertiary/aromatic N) is 1. The predicted octanol–water partition coefficient (Wildman–Crippen LogP) is 2.17. The van der Waals surface area contributed by atoms with Crippen molar-refractivity contribution in [3.05, 3.63) is 35.4 Å². The molecule has 0 atom stereocenters. The van der Waals surface area contributed by atoms with Crippen LogP contribution in [0.25, 0.3) is 0 Å². The van der Waals surface area contributed by atoms with Crippen molar-refractivity contribution in [2.75, 3.05) is 19.6 Å². The van der Waals surface area contributed by atoms with Crippen LogP contribution in [0.3, 0.4) is 0 Å². The summed E-state index contributed by atoms with van der Waals surface area (Å²) in [4.78, 5) is 13.8. The molecule has 0 saturated carbocycles. The highest BCUT2D eigenvalue weighted by Gasteiger charge is 2.23. The van der Waals surface area contributed by atoms with E-state index in [-0.39, 0.29) is 11.5 Å². The number of likely N-dealkylation sites (tertiary alicyclic amines) is 1. The fourth-order valence-corrected chi connectivity index (χ4v) is 2.47. The van der Waals surface area contributed by atoms with Crippen molar-refractivity contribution in [2.45, 2.75) is 19.3 Å². The Labute approximate surface area is 111 Å².